The summed E-state index contributed by atoms with van der Waals surface area (Å²) >= 11 is 0. The van der Waals surface area contributed by atoms with E-state index >= 15 is 0 Å². The van der Waals surface area contributed by atoms with Gasteiger partial charge in [-0.3, -0.25) is 29.1 Å². The molecule has 3 amide bonds. The van der Waals surface area contributed by atoms with Gasteiger partial charge in [0, 0.05) is 150 Å². The minimum atomic E-state index is -0.0119. The van der Waals surface area contributed by atoms with Crippen molar-refractivity contribution in [3.8, 4) is 0 Å². The van der Waals surface area contributed by atoms with Gasteiger partial charge in [0.25, 0.3) is 17.7 Å². The molecule has 6 fully saturated rings. The molecule has 9 aliphatic rings. The number of anilines is 9. The van der Waals surface area contributed by atoms with Crippen LogP contribution >= 0.6 is 0 Å². The molecule has 6 aliphatic heterocycles. The molecule has 534 valence electrons. The predicted octanol–water partition coefficient (Wildman–Crippen LogP) is 9.98. The number of carbonyl (C=O) groups is 3. The molecule has 15 heterocycles. The van der Waals surface area contributed by atoms with E-state index in [0.29, 0.717) is 70.5 Å². The Labute approximate surface area is 595 Å². The van der Waals surface area contributed by atoms with Gasteiger partial charge in [0.1, 0.15) is 51.5 Å². The summed E-state index contributed by atoms with van der Waals surface area (Å²) in [5.41, 5.74) is 7.93. The summed E-state index contributed by atoms with van der Waals surface area (Å²) in [5, 5.41) is 22.0. The summed E-state index contributed by atoms with van der Waals surface area (Å²) in [5.74, 6) is 3.59. The van der Waals surface area contributed by atoms with E-state index in [-0.39, 0.29) is 54.0 Å². The molecule has 27 heteroatoms. The van der Waals surface area contributed by atoms with Crippen LogP contribution in [0, 0.1) is 0 Å². The maximum Gasteiger partial charge on any atom is 0.268 e. The maximum atomic E-state index is 12.7. The zero-order chi connectivity index (χ0) is 69.7. The second-order valence-corrected chi connectivity index (χ2v) is 29.8. The number of amides is 3. The van der Waals surface area contributed by atoms with Crippen molar-refractivity contribution >= 4 is 103 Å². The fourth-order valence-corrected chi connectivity index (χ4v) is 17.0. The number of aromatic nitrogens is 12. The molecule has 102 heavy (non-hydrogen) atoms. The van der Waals surface area contributed by atoms with E-state index in [2.05, 4.69) is 165 Å². The third kappa shape index (κ3) is 13.6. The van der Waals surface area contributed by atoms with Gasteiger partial charge in [-0.25, -0.2) is 29.9 Å². The topological polar surface area (TPSA) is 274 Å². The molecule has 0 spiro atoms. The molecule has 18 rings (SSSR count). The number of hydrogen-bond acceptors (Lipinski definition) is 21. The van der Waals surface area contributed by atoms with Crippen molar-refractivity contribution in [2.24, 2.45) is 0 Å². The lowest BCUT2D eigenvalue weighted by molar-refractivity contribution is 0.0847. The summed E-state index contributed by atoms with van der Waals surface area (Å²) in [6, 6.07) is 21.1. The number of nitrogens with zero attached hydrogens (tertiary/aromatic N) is 18. The first kappa shape index (κ1) is 66.9. The Morgan fingerprint density at radius 2 is 0.627 bits per heavy atom. The number of carbonyl (C=O) groups excluding carboxylic acids is 3. The van der Waals surface area contributed by atoms with Crippen LogP contribution in [0.5, 0.6) is 0 Å². The van der Waals surface area contributed by atoms with Gasteiger partial charge in [0.05, 0.1) is 53.8 Å². The first-order valence-corrected chi connectivity index (χ1v) is 37.4. The summed E-state index contributed by atoms with van der Waals surface area (Å²) in [7, 11) is 0. The lowest BCUT2D eigenvalue weighted by Gasteiger charge is -2.38. The Kier molecular flexibility index (Phi) is 18.8. The van der Waals surface area contributed by atoms with Crippen molar-refractivity contribution in [3.63, 3.8) is 0 Å². The Hall–Kier alpha value is -9.60. The van der Waals surface area contributed by atoms with Gasteiger partial charge in [0.15, 0.2) is 0 Å². The second kappa shape index (κ2) is 28.7. The molecule has 0 aromatic carbocycles. The number of pyridine rings is 3. The van der Waals surface area contributed by atoms with E-state index in [1.165, 1.54) is 19.3 Å². The quantitative estimate of drug-likeness (QED) is 0.0664. The Balaban J connectivity index is 0.000000118. The van der Waals surface area contributed by atoms with E-state index in [0.717, 1.165) is 186 Å². The van der Waals surface area contributed by atoms with Gasteiger partial charge in [-0.15, -0.1) is 0 Å². The average molecular weight is 1380 g/mol. The van der Waals surface area contributed by atoms with Crippen LogP contribution in [0.15, 0.2) is 91.8 Å². The number of nitrogens with one attached hydrogen (secondary N) is 6. The van der Waals surface area contributed by atoms with E-state index in [1.807, 2.05) is 55.0 Å². The molecular formula is C75H96N24O3. The van der Waals surface area contributed by atoms with Gasteiger partial charge in [-0.05, 0) is 135 Å². The fourth-order valence-electron chi connectivity index (χ4n) is 17.0. The molecule has 1 unspecified atom stereocenters. The monoisotopic (exact) mass is 1380 g/mol. The maximum absolute atomic E-state index is 12.7. The van der Waals surface area contributed by atoms with Crippen LogP contribution in [0.4, 0.5) is 52.4 Å². The van der Waals surface area contributed by atoms with Crippen LogP contribution in [0.2, 0.25) is 0 Å². The third-order valence-corrected chi connectivity index (χ3v) is 22.8. The van der Waals surface area contributed by atoms with Crippen molar-refractivity contribution < 1.29 is 14.4 Å². The molecule has 0 radical (unpaired) electrons. The minimum absolute atomic E-state index is 0.0119. The first-order valence-electron chi connectivity index (χ1n) is 37.4. The average Bonchev–Trinajstić information content (AvgIpc) is 1.60. The van der Waals surface area contributed by atoms with E-state index in [9.17, 15) is 14.4 Å². The van der Waals surface area contributed by atoms with Crippen molar-refractivity contribution in [2.75, 3.05) is 109 Å². The second-order valence-electron chi connectivity index (χ2n) is 29.8. The molecule has 0 bridgehead atoms. The Morgan fingerprint density at radius 3 is 0.882 bits per heavy atom. The molecule has 6 atom stereocenters. The van der Waals surface area contributed by atoms with E-state index in [1.54, 1.807) is 18.6 Å². The molecule has 6 N–H and O–H groups in total. The van der Waals surface area contributed by atoms with Gasteiger partial charge < -0.3 is 60.3 Å². The number of piperazine rings is 3. The molecule has 3 saturated carbocycles. The number of rotatable bonds is 12. The van der Waals surface area contributed by atoms with Crippen LogP contribution in [0.1, 0.15) is 168 Å². The van der Waals surface area contributed by atoms with Gasteiger partial charge in [-0.1, -0.05) is 38.5 Å². The van der Waals surface area contributed by atoms with Crippen molar-refractivity contribution in [3.05, 3.63) is 109 Å². The Morgan fingerprint density at radius 1 is 0.353 bits per heavy atom. The van der Waals surface area contributed by atoms with Crippen molar-refractivity contribution in [1.29, 1.82) is 0 Å². The van der Waals surface area contributed by atoms with Crippen LogP contribution in [-0.2, 0) is 0 Å². The smallest absolute Gasteiger partial charge is 0.268 e. The summed E-state index contributed by atoms with van der Waals surface area (Å²) in [6.07, 6.45) is 24.4. The largest absolute Gasteiger partial charge is 0.368 e. The van der Waals surface area contributed by atoms with Crippen LogP contribution in [0.3, 0.4) is 0 Å². The van der Waals surface area contributed by atoms with E-state index in [4.69, 9.17) is 15.0 Å². The Bertz CT molecular complexity index is 4040. The van der Waals surface area contributed by atoms with Crippen molar-refractivity contribution in [1.82, 2.24) is 89.2 Å². The van der Waals surface area contributed by atoms with Crippen molar-refractivity contribution in [2.45, 2.75) is 173 Å². The summed E-state index contributed by atoms with van der Waals surface area (Å²) < 4.78 is 6.41. The van der Waals surface area contributed by atoms with Gasteiger partial charge in [-0.2, -0.15) is 15.0 Å². The minimum Gasteiger partial charge on any atom is -0.368 e. The molecule has 3 saturated heterocycles. The normalized spacial score (nSPS) is 23.0. The highest BCUT2D eigenvalue weighted by molar-refractivity contribution is 6.01. The summed E-state index contributed by atoms with van der Waals surface area (Å²) in [4.78, 5) is 94.5. The van der Waals surface area contributed by atoms with Gasteiger partial charge >= 0.3 is 0 Å². The number of fused-ring (bicyclic) bond motifs is 15. The highest BCUT2D eigenvalue weighted by Gasteiger charge is 2.40. The third-order valence-electron chi connectivity index (χ3n) is 22.8. The molecule has 9 aromatic heterocycles. The zero-order valence-electron chi connectivity index (χ0n) is 59.6. The SMILES string of the molecule is CC(C)N1CCN(c2ccc(Nc3ncc4cc5n(c4n3)C3CCCC[C@@H]3NC5=O)nc2)CC1.CC(C)N1CCN(c2ccc(Nc3ncc4cc5n(c4n3)[C@@H]3CCCC[C@@H]3NC5=O)nc2)CC1.CC(C)N1CCN(c2ccc(Nc3ncc4cc5n(c4n3)[C@@H]3CCCC[C@H]3NC5=O)nc2)CC1. The lowest BCUT2D eigenvalue weighted by Crippen LogP contribution is -2.48. The predicted molar refractivity (Wildman–Crippen MR) is 398 cm³/mol. The van der Waals surface area contributed by atoms with Crippen LogP contribution in [-0.4, -0.2) is 206 Å². The lowest BCUT2D eigenvalue weighted by atomic mass is 9.88. The molecular weight excluding hydrogens is 1280 g/mol. The fraction of sp³-hybridized carbons (Fsp3) is 0.520. The standard InChI is InChI=1S/3C25H32N8O/c3*1-16(2)31-9-11-32(12-10-31)18-7-8-22(26-15-18)29-25-27-14-17-13-21-24(34)28-19-5-3-4-6-20(19)33(21)23(17)30-25/h3*7-8,13-16,19-20H,3-6,9-12H2,1-2H3,(H,28,34)(H,26,27,29,30)/t19-,20?;19-,20+;19-,20-/m001/s1. The summed E-state index contributed by atoms with van der Waals surface area (Å²) in [6.45, 7) is 26.1. The van der Waals surface area contributed by atoms with E-state index < -0.39 is 0 Å². The van der Waals surface area contributed by atoms with Crippen LogP contribution < -0.4 is 46.6 Å². The highest BCUT2D eigenvalue weighted by Crippen LogP contribution is 2.40. The molecule has 27 nitrogen and oxygen atoms in total. The zero-order valence-corrected chi connectivity index (χ0v) is 59.6. The molecule has 3 aliphatic carbocycles. The van der Waals surface area contributed by atoms with Gasteiger partial charge in [0.2, 0.25) is 17.8 Å². The number of hydrogen-bond donors (Lipinski definition) is 6. The highest BCUT2D eigenvalue weighted by atomic mass is 16.2. The first-order chi connectivity index (χ1) is 49.7. The molecule has 9 aromatic rings. The van der Waals surface area contributed by atoms with Crippen LogP contribution in [0.25, 0.3) is 33.1 Å².